The van der Waals surface area contributed by atoms with Crippen molar-refractivity contribution in [3.8, 4) is 0 Å². The molecule has 3 rings (SSSR count). The van der Waals surface area contributed by atoms with Gasteiger partial charge in [-0.15, -0.1) is 0 Å². The highest BCUT2D eigenvalue weighted by molar-refractivity contribution is 5.22. The van der Waals surface area contributed by atoms with Gasteiger partial charge in [0.15, 0.2) is 11.6 Å². The van der Waals surface area contributed by atoms with E-state index in [0.29, 0.717) is 5.92 Å². The van der Waals surface area contributed by atoms with E-state index in [2.05, 4.69) is 19.1 Å². The van der Waals surface area contributed by atoms with Crippen LogP contribution in [0.1, 0.15) is 69.8 Å². The van der Waals surface area contributed by atoms with Gasteiger partial charge in [0.05, 0.1) is 0 Å². The number of allylic oxidation sites excluding steroid dienone is 2. The van der Waals surface area contributed by atoms with Gasteiger partial charge in [0.1, 0.15) is 0 Å². The molecule has 2 saturated carbocycles. The third-order valence-corrected chi connectivity index (χ3v) is 6.11. The molecule has 0 N–H and O–H groups in total. The van der Waals surface area contributed by atoms with Gasteiger partial charge in [0.25, 0.3) is 0 Å². The Bertz CT molecular complexity index is 549. The molecule has 1 aromatic carbocycles. The number of fused-ring (bicyclic) bond motifs is 1. The van der Waals surface area contributed by atoms with Crippen molar-refractivity contribution in [2.75, 3.05) is 0 Å². The molecule has 4 unspecified atom stereocenters. The highest BCUT2D eigenvalue weighted by Crippen LogP contribution is 2.48. The number of rotatable bonds is 4. The van der Waals surface area contributed by atoms with Crippen molar-refractivity contribution in [1.82, 2.24) is 0 Å². The molecule has 0 bridgehead atoms. The summed E-state index contributed by atoms with van der Waals surface area (Å²) in [6.07, 6.45) is 14.6. The minimum atomic E-state index is -0.732. The lowest BCUT2D eigenvalue weighted by atomic mass is 9.63. The SMILES string of the molecule is CC=CCCC1CCC2CC(c3ccc(F)c(F)c3)CCC2C1. The predicted octanol–water partition coefficient (Wildman–Crippen LogP) is 6.62. The van der Waals surface area contributed by atoms with Crippen LogP contribution in [-0.2, 0) is 0 Å². The van der Waals surface area contributed by atoms with Gasteiger partial charge in [0.2, 0.25) is 0 Å². The van der Waals surface area contributed by atoms with E-state index < -0.39 is 11.6 Å². The fraction of sp³-hybridized carbons (Fsp3) is 0.619. The largest absolute Gasteiger partial charge is 0.204 e. The summed E-state index contributed by atoms with van der Waals surface area (Å²) in [6.45, 7) is 2.09. The minimum Gasteiger partial charge on any atom is -0.204 e. The summed E-state index contributed by atoms with van der Waals surface area (Å²) < 4.78 is 26.6. The summed E-state index contributed by atoms with van der Waals surface area (Å²) in [5, 5.41) is 0. The Morgan fingerprint density at radius 2 is 1.78 bits per heavy atom. The molecule has 0 amide bonds. The monoisotopic (exact) mass is 318 g/mol. The van der Waals surface area contributed by atoms with Crippen molar-refractivity contribution >= 4 is 0 Å². The normalized spacial score (nSPS) is 31.3. The fourth-order valence-corrected chi connectivity index (χ4v) is 4.82. The van der Waals surface area contributed by atoms with Crippen molar-refractivity contribution in [3.63, 3.8) is 0 Å². The Kier molecular flexibility index (Phi) is 5.50. The molecule has 2 aliphatic rings. The number of hydrogen-bond donors (Lipinski definition) is 0. The zero-order valence-electron chi connectivity index (χ0n) is 14.1. The molecule has 0 saturated heterocycles. The first-order chi connectivity index (χ1) is 11.2. The van der Waals surface area contributed by atoms with Gasteiger partial charge in [0, 0.05) is 0 Å². The van der Waals surface area contributed by atoms with Gasteiger partial charge < -0.3 is 0 Å². The van der Waals surface area contributed by atoms with E-state index in [1.54, 1.807) is 6.07 Å². The quantitative estimate of drug-likeness (QED) is 0.547. The number of benzene rings is 1. The molecule has 2 heteroatoms. The summed E-state index contributed by atoms with van der Waals surface area (Å²) in [6, 6.07) is 4.49. The Hall–Kier alpha value is -1.18. The number of halogens is 2. The lowest BCUT2D eigenvalue weighted by Crippen LogP contribution is -2.30. The van der Waals surface area contributed by atoms with Gasteiger partial charge in [-0.2, -0.15) is 0 Å². The van der Waals surface area contributed by atoms with Crippen LogP contribution in [0.25, 0.3) is 0 Å². The molecule has 23 heavy (non-hydrogen) atoms. The van der Waals surface area contributed by atoms with Crippen molar-refractivity contribution in [3.05, 3.63) is 47.5 Å². The topological polar surface area (TPSA) is 0 Å². The van der Waals surface area contributed by atoms with E-state index in [1.807, 2.05) is 0 Å². The van der Waals surface area contributed by atoms with Crippen molar-refractivity contribution in [2.24, 2.45) is 17.8 Å². The Morgan fingerprint density at radius 1 is 1.00 bits per heavy atom. The summed E-state index contributed by atoms with van der Waals surface area (Å²) in [7, 11) is 0. The summed E-state index contributed by atoms with van der Waals surface area (Å²) in [5.41, 5.74) is 0.998. The second-order valence-corrected chi connectivity index (χ2v) is 7.53. The van der Waals surface area contributed by atoms with Gasteiger partial charge in [-0.25, -0.2) is 8.78 Å². The molecule has 0 radical (unpaired) electrons. The fourth-order valence-electron chi connectivity index (χ4n) is 4.82. The van der Waals surface area contributed by atoms with E-state index >= 15 is 0 Å². The maximum atomic E-state index is 13.5. The smallest absolute Gasteiger partial charge is 0.159 e. The molecule has 0 spiro atoms. The summed E-state index contributed by atoms with van der Waals surface area (Å²) in [5.74, 6) is 1.54. The second-order valence-electron chi connectivity index (χ2n) is 7.53. The summed E-state index contributed by atoms with van der Waals surface area (Å²) >= 11 is 0. The highest BCUT2D eigenvalue weighted by Gasteiger charge is 2.35. The average Bonchev–Trinajstić information content (AvgIpc) is 2.57. The third-order valence-electron chi connectivity index (χ3n) is 6.11. The predicted molar refractivity (Wildman–Crippen MR) is 91.3 cm³/mol. The zero-order valence-corrected chi connectivity index (χ0v) is 14.1. The maximum absolute atomic E-state index is 13.5. The minimum absolute atomic E-state index is 0.422. The van der Waals surface area contributed by atoms with Crippen LogP contribution in [0.3, 0.4) is 0 Å². The van der Waals surface area contributed by atoms with Crippen LogP contribution >= 0.6 is 0 Å². The molecule has 0 aliphatic heterocycles. The molecule has 1 aromatic rings. The molecule has 2 fully saturated rings. The Balaban J connectivity index is 1.57. The second kappa shape index (κ2) is 7.59. The van der Waals surface area contributed by atoms with Gasteiger partial charge in [-0.1, -0.05) is 24.6 Å². The first-order valence-corrected chi connectivity index (χ1v) is 9.23. The van der Waals surface area contributed by atoms with Gasteiger partial charge in [-0.05, 0) is 93.2 Å². The van der Waals surface area contributed by atoms with Crippen molar-refractivity contribution in [2.45, 2.75) is 64.2 Å². The van der Waals surface area contributed by atoms with Crippen LogP contribution in [0.5, 0.6) is 0 Å². The molecule has 0 aromatic heterocycles. The molecular weight excluding hydrogens is 290 g/mol. The molecule has 0 heterocycles. The van der Waals surface area contributed by atoms with E-state index in [1.165, 1.54) is 50.7 Å². The van der Waals surface area contributed by atoms with Gasteiger partial charge >= 0.3 is 0 Å². The van der Waals surface area contributed by atoms with E-state index in [0.717, 1.165) is 36.2 Å². The number of hydrogen-bond acceptors (Lipinski definition) is 0. The van der Waals surface area contributed by atoms with Gasteiger partial charge in [-0.3, -0.25) is 0 Å². The standard InChI is InChI=1S/C21H28F2/c1-2-3-4-5-15-6-7-17-13-18(9-8-16(17)12-15)19-10-11-20(22)21(23)14-19/h2-3,10-11,14-18H,4-9,12-13H2,1H3. The lowest BCUT2D eigenvalue weighted by Gasteiger charge is -2.42. The van der Waals surface area contributed by atoms with Crippen LogP contribution in [0, 0.1) is 29.4 Å². The molecule has 2 aliphatic carbocycles. The van der Waals surface area contributed by atoms with Crippen LogP contribution in [0.4, 0.5) is 8.78 Å². The van der Waals surface area contributed by atoms with E-state index in [9.17, 15) is 8.78 Å². The molecular formula is C21H28F2. The van der Waals surface area contributed by atoms with E-state index in [4.69, 9.17) is 0 Å². The first-order valence-electron chi connectivity index (χ1n) is 9.23. The highest BCUT2D eigenvalue weighted by atomic mass is 19.2. The average molecular weight is 318 g/mol. The van der Waals surface area contributed by atoms with E-state index in [-0.39, 0.29) is 0 Å². The Labute approximate surface area is 139 Å². The van der Waals surface area contributed by atoms with Crippen molar-refractivity contribution in [1.29, 1.82) is 0 Å². The molecule has 126 valence electrons. The lowest BCUT2D eigenvalue weighted by molar-refractivity contribution is 0.115. The summed E-state index contributed by atoms with van der Waals surface area (Å²) in [4.78, 5) is 0. The van der Waals surface area contributed by atoms with Crippen LogP contribution in [0.2, 0.25) is 0 Å². The maximum Gasteiger partial charge on any atom is 0.159 e. The van der Waals surface area contributed by atoms with Crippen molar-refractivity contribution < 1.29 is 8.78 Å². The molecule has 4 atom stereocenters. The van der Waals surface area contributed by atoms with Crippen LogP contribution < -0.4 is 0 Å². The third kappa shape index (κ3) is 4.02. The van der Waals surface area contributed by atoms with Crippen LogP contribution in [0.15, 0.2) is 30.4 Å². The first kappa shape index (κ1) is 16.7. The Morgan fingerprint density at radius 3 is 2.57 bits per heavy atom. The van der Waals surface area contributed by atoms with Crippen LogP contribution in [-0.4, -0.2) is 0 Å². The zero-order chi connectivity index (χ0) is 16.2. The molecule has 0 nitrogen and oxygen atoms in total.